The molecule has 0 saturated heterocycles. The molecule has 0 saturated carbocycles. The van der Waals surface area contributed by atoms with Crippen LogP contribution in [-0.2, 0) is 19.4 Å². The number of rotatable bonds is 5. The van der Waals surface area contributed by atoms with Gasteiger partial charge >= 0.3 is 0 Å². The van der Waals surface area contributed by atoms with Crippen molar-refractivity contribution in [2.24, 2.45) is 0 Å². The molecule has 2 aromatic rings. The van der Waals surface area contributed by atoms with E-state index in [1.54, 1.807) is 0 Å². The van der Waals surface area contributed by atoms with Crippen LogP contribution in [0, 0.1) is 6.92 Å². The van der Waals surface area contributed by atoms with Crippen LogP contribution in [0.5, 0.6) is 0 Å². The lowest BCUT2D eigenvalue weighted by atomic mass is 10.0. The lowest BCUT2D eigenvalue weighted by Crippen LogP contribution is -2.13. The van der Waals surface area contributed by atoms with Crippen LogP contribution in [0.25, 0.3) is 0 Å². The summed E-state index contributed by atoms with van der Waals surface area (Å²) in [4.78, 5) is 4.46. The normalized spacial score (nSPS) is 12.6. The van der Waals surface area contributed by atoms with Crippen molar-refractivity contribution in [3.63, 3.8) is 0 Å². The third-order valence-corrected chi connectivity index (χ3v) is 3.32. The van der Waals surface area contributed by atoms with Crippen LogP contribution >= 0.6 is 0 Å². The number of aryl methyl sites for hydroxylation is 3. The van der Waals surface area contributed by atoms with E-state index in [0.29, 0.717) is 6.54 Å². The smallest absolute Gasteiger partial charge is 0.150 e. The van der Waals surface area contributed by atoms with Crippen molar-refractivity contribution in [1.82, 2.24) is 14.8 Å². The maximum absolute atomic E-state index is 10.4. The van der Waals surface area contributed by atoms with Crippen LogP contribution in [0.1, 0.15) is 42.7 Å². The monoisotopic (exact) mass is 259 g/mol. The molecule has 0 aliphatic carbocycles. The Morgan fingerprint density at radius 1 is 1.21 bits per heavy atom. The topological polar surface area (TPSA) is 50.9 Å². The Kier molecular flexibility index (Phi) is 4.32. The Hall–Kier alpha value is -1.68. The molecule has 0 aliphatic heterocycles. The van der Waals surface area contributed by atoms with Gasteiger partial charge in [-0.05, 0) is 18.1 Å². The first-order valence-electron chi connectivity index (χ1n) is 6.81. The fourth-order valence-electron chi connectivity index (χ4n) is 2.21. The molecule has 4 nitrogen and oxygen atoms in total. The number of hydrogen-bond acceptors (Lipinski definition) is 3. The van der Waals surface area contributed by atoms with Crippen LogP contribution in [0.2, 0.25) is 0 Å². The van der Waals surface area contributed by atoms with Crippen LogP contribution < -0.4 is 0 Å². The molecule has 1 unspecified atom stereocenters. The van der Waals surface area contributed by atoms with Gasteiger partial charge in [0, 0.05) is 12.8 Å². The molecule has 102 valence electrons. The van der Waals surface area contributed by atoms with Crippen molar-refractivity contribution in [2.75, 3.05) is 0 Å². The summed E-state index contributed by atoms with van der Waals surface area (Å²) >= 11 is 0. The van der Waals surface area contributed by atoms with Gasteiger partial charge in [-0.2, -0.15) is 5.10 Å². The van der Waals surface area contributed by atoms with E-state index < -0.39 is 6.10 Å². The van der Waals surface area contributed by atoms with Crippen molar-refractivity contribution < 1.29 is 5.11 Å². The summed E-state index contributed by atoms with van der Waals surface area (Å²) in [6.45, 7) is 6.57. The second-order valence-electron chi connectivity index (χ2n) is 4.71. The lowest BCUT2D eigenvalue weighted by molar-refractivity contribution is 0.149. The first kappa shape index (κ1) is 13.7. The predicted molar refractivity (Wildman–Crippen MR) is 74.9 cm³/mol. The molecule has 0 aliphatic rings. The van der Waals surface area contributed by atoms with E-state index >= 15 is 0 Å². The summed E-state index contributed by atoms with van der Waals surface area (Å²) in [6, 6.07) is 7.90. The zero-order chi connectivity index (χ0) is 13.8. The number of aromatic nitrogens is 3. The molecule has 1 atom stereocenters. The molecule has 19 heavy (non-hydrogen) atoms. The highest BCUT2D eigenvalue weighted by molar-refractivity contribution is 5.27. The van der Waals surface area contributed by atoms with Gasteiger partial charge in [0.05, 0.1) is 12.6 Å². The maximum Gasteiger partial charge on any atom is 0.150 e. The van der Waals surface area contributed by atoms with Crippen LogP contribution in [0.3, 0.4) is 0 Å². The Morgan fingerprint density at radius 3 is 2.58 bits per heavy atom. The van der Waals surface area contributed by atoms with Crippen molar-refractivity contribution in [3.8, 4) is 0 Å². The number of benzene rings is 1. The Bertz CT molecular complexity index is 548. The van der Waals surface area contributed by atoms with Gasteiger partial charge in [-0.3, -0.25) is 0 Å². The van der Waals surface area contributed by atoms with Gasteiger partial charge in [-0.25, -0.2) is 9.67 Å². The molecule has 4 heteroatoms. The van der Waals surface area contributed by atoms with Crippen LogP contribution in [0.4, 0.5) is 0 Å². The fraction of sp³-hybridized carbons (Fsp3) is 0.467. The number of hydrogen-bond donors (Lipinski definition) is 1. The molecule has 0 fully saturated rings. The highest BCUT2D eigenvalue weighted by atomic mass is 16.3. The SMILES string of the molecule is CCc1nc(CC)n(CC(O)c2ccccc2C)n1. The average Bonchev–Trinajstić information content (AvgIpc) is 2.81. The van der Waals surface area contributed by atoms with E-state index in [9.17, 15) is 5.11 Å². The fourth-order valence-corrected chi connectivity index (χ4v) is 2.21. The standard InChI is InChI=1S/C15H21N3O/c1-4-14-16-15(5-2)18(17-14)10-13(19)12-9-7-6-8-11(12)3/h6-9,13,19H,4-5,10H2,1-3H3. The molecule has 1 heterocycles. The van der Waals surface area contributed by atoms with Crippen molar-refractivity contribution in [2.45, 2.75) is 46.3 Å². The molecule has 0 bridgehead atoms. The first-order valence-corrected chi connectivity index (χ1v) is 6.81. The third-order valence-electron chi connectivity index (χ3n) is 3.32. The number of aliphatic hydroxyl groups is 1. The minimum absolute atomic E-state index is 0.459. The predicted octanol–water partition coefficient (Wildman–Crippen LogP) is 2.44. The largest absolute Gasteiger partial charge is 0.386 e. The van der Waals surface area contributed by atoms with Gasteiger partial charge in [0.2, 0.25) is 0 Å². The minimum atomic E-state index is -0.544. The second-order valence-corrected chi connectivity index (χ2v) is 4.71. The van der Waals surface area contributed by atoms with Crippen molar-refractivity contribution >= 4 is 0 Å². The molecule has 1 N–H and O–H groups in total. The van der Waals surface area contributed by atoms with Crippen LogP contribution in [-0.4, -0.2) is 19.9 Å². The highest BCUT2D eigenvalue weighted by Crippen LogP contribution is 2.19. The van der Waals surface area contributed by atoms with Crippen LogP contribution in [0.15, 0.2) is 24.3 Å². The van der Waals surface area contributed by atoms with E-state index in [1.165, 1.54) is 0 Å². The Labute approximate surface area is 114 Å². The summed E-state index contributed by atoms with van der Waals surface area (Å²) in [7, 11) is 0. The minimum Gasteiger partial charge on any atom is -0.386 e. The van der Waals surface area contributed by atoms with E-state index in [4.69, 9.17) is 0 Å². The highest BCUT2D eigenvalue weighted by Gasteiger charge is 2.14. The molecule has 2 rings (SSSR count). The molecular weight excluding hydrogens is 238 g/mol. The number of aliphatic hydroxyl groups excluding tert-OH is 1. The molecular formula is C15H21N3O. The summed E-state index contributed by atoms with van der Waals surface area (Å²) in [5.41, 5.74) is 2.06. The Balaban J connectivity index is 2.21. The summed E-state index contributed by atoms with van der Waals surface area (Å²) in [6.07, 6.45) is 1.10. The van der Waals surface area contributed by atoms with Gasteiger partial charge in [0.15, 0.2) is 5.82 Å². The van der Waals surface area contributed by atoms with E-state index in [0.717, 1.165) is 35.6 Å². The zero-order valence-electron chi connectivity index (χ0n) is 11.8. The van der Waals surface area contributed by atoms with Gasteiger partial charge in [0.1, 0.15) is 5.82 Å². The van der Waals surface area contributed by atoms with Crippen molar-refractivity contribution in [3.05, 3.63) is 47.0 Å². The van der Waals surface area contributed by atoms with E-state index in [2.05, 4.69) is 17.0 Å². The quantitative estimate of drug-likeness (QED) is 0.897. The summed E-state index contributed by atoms with van der Waals surface area (Å²) in [5.74, 6) is 1.78. The van der Waals surface area contributed by atoms with E-state index in [1.807, 2.05) is 42.8 Å². The molecule has 1 aromatic heterocycles. The van der Waals surface area contributed by atoms with Gasteiger partial charge < -0.3 is 5.11 Å². The van der Waals surface area contributed by atoms with Crippen molar-refractivity contribution in [1.29, 1.82) is 0 Å². The third kappa shape index (κ3) is 3.01. The summed E-state index contributed by atoms with van der Waals surface area (Å²) in [5, 5.41) is 14.8. The first-order chi connectivity index (χ1) is 9.15. The molecule has 0 amide bonds. The second kappa shape index (κ2) is 5.97. The lowest BCUT2D eigenvalue weighted by Gasteiger charge is -2.14. The van der Waals surface area contributed by atoms with Gasteiger partial charge in [0.25, 0.3) is 0 Å². The average molecular weight is 259 g/mol. The van der Waals surface area contributed by atoms with Gasteiger partial charge in [-0.1, -0.05) is 38.1 Å². The molecule has 1 aromatic carbocycles. The Morgan fingerprint density at radius 2 is 1.95 bits per heavy atom. The number of nitrogens with zero attached hydrogens (tertiary/aromatic N) is 3. The molecule has 0 radical (unpaired) electrons. The zero-order valence-corrected chi connectivity index (χ0v) is 11.8. The maximum atomic E-state index is 10.4. The summed E-state index contributed by atoms with van der Waals surface area (Å²) < 4.78 is 1.83. The molecule has 0 spiro atoms. The van der Waals surface area contributed by atoms with Gasteiger partial charge in [-0.15, -0.1) is 0 Å². The van der Waals surface area contributed by atoms with E-state index in [-0.39, 0.29) is 0 Å².